The molecule has 5 heteroatoms. The first kappa shape index (κ1) is 16.8. The summed E-state index contributed by atoms with van der Waals surface area (Å²) in [7, 11) is 0. The zero-order valence-electron chi connectivity index (χ0n) is 14.4. The van der Waals surface area contributed by atoms with Gasteiger partial charge in [0.2, 0.25) is 5.91 Å². The molecule has 0 N–H and O–H groups in total. The number of fused-ring (bicyclic) bond motifs is 1. The first-order valence-electron chi connectivity index (χ1n) is 9.02. The van der Waals surface area contributed by atoms with Crippen molar-refractivity contribution in [2.45, 2.75) is 39.0 Å². The van der Waals surface area contributed by atoms with E-state index in [0.717, 1.165) is 55.7 Å². The van der Waals surface area contributed by atoms with Gasteiger partial charge in [0.05, 0.1) is 6.61 Å². The Morgan fingerprint density at radius 1 is 1.08 bits per heavy atom. The Hall–Kier alpha value is -2.04. The Bertz CT molecular complexity index is 615. The van der Waals surface area contributed by atoms with Crippen molar-refractivity contribution in [2.24, 2.45) is 0 Å². The molecule has 1 aromatic rings. The minimum atomic E-state index is 0.0631. The van der Waals surface area contributed by atoms with E-state index in [-0.39, 0.29) is 11.8 Å². The van der Waals surface area contributed by atoms with Crippen molar-refractivity contribution in [1.82, 2.24) is 9.80 Å². The van der Waals surface area contributed by atoms with Crippen LogP contribution in [0, 0.1) is 0 Å². The largest absolute Gasteiger partial charge is 0.493 e. The van der Waals surface area contributed by atoms with Gasteiger partial charge in [-0.25, -0.2) is 0 Å². The van der Waals surface area contributed by atoms with Crippen LogP contribution in [0.4, 0.5) is 0 Å². The van der Waals surface area contributed by atoms with Crippen LogP contribution in [0.1, 0.15) is 48.5 Å². The van der Waals surface area contributed by atoms with Crippen LogP contribution in [0.5, 0.6) is 5.75 Å². The Morgan fingerprint density at radius 2 is 1.88 bits per heavy atom. The fourth-order valence-electron chi connectivity index (χ4n) is 3.42. The highest BCUT2D eigenvalue weighted by molar-refractivity contribution is 5.94. The molecule has 24 heavy (non-hydrogen) atoms. The molecule has 0 radical (unpaired) electrons. The Labute approximate surface area is 143 Å². The highest BCUT2D eigenvalue weighted by atomic mass is 16.5. The number of ether oxygens (including phenoxy) is 1. The fraction of sp³-hybridized carbons (Fsp3) is 0.579. The van der Waals surface area contributed by atoms with Crippen LogP contribution in [0.25, 0.3) is 0 Å². The van der Waals surface area contributed by atoms with E-state index in [9.17, 15) is 9.59 Å². The third kappa shape index (κ3) is 3.71. The topological polar surface area (TPSA) is 49.9 Å². The van der Waals surface area contributed by atoms with E-state index in [4.69, 9.17) is 4.74 Å². The Kier molecular flexibility index (Phi) is 5.38. The van der Waals surface area contributed by atoms with E-state index in [1.165, 1.54) is 0 Å². The third-order valence-electron chi connectivity index (χ3n) is 4.76. The van der Waals surface area contributed by atoms with Crippen LogP contribution < -0.4 is 4.74 Å². The molecule has 0 unspecified atom stereocenters. The minimum absolute atomic E-state index is 0.0631. The summed E-state index contributed by atoms with van der Waals surface area (Å²) in [6, 6.07) is 5.75. The molecule has 0 bridgehead atoms. The van der Waals surface area contributed by atoms with Crippen molar-refractivity contribution in [3.05, 3.63) is 29.3 Å². The molecule has 2 heterocycles. The van der Waals surface area contributed by atoms with Crippen molar-refractivity contribution in [3.8, 4) is 5.75 Å². The summed E-state index contributed by atoms with van der Waals surface area (Å²) in [5.41, 5.74) is 1.86. The molecular weight excluding hydrogens is 304 g/mol. The van der Waals surface area contributed by atoms with Gasteiger partial charge in [-0.2, -0.15) is 0 Å². The first-order valence-corrected chi connectivity index (χ1v) is 9.02. The SMILES string of the molecule is CCCC(=O)N1CCCN(C(=O)c2ccc3c(c2)CCCO3)CC1. The summed E-state index contributed by atoms with van der Waals surface area (Å²) in [5.74, 6) is 1.18. The smallest absolute Gasteiger partial charge is 0.253 e. The summed E-state index contributed by atoms with van der Waals surface area (Å²) in [5, 5.41) is 0. The zero-order valence-corrected chi connectivity index (χ0v) is 14.4. The van der Waals surface area contributed by atoms with Gasteiger partial charge < -0.3 is 14.5 Å². The summed E-state index contributed by atoms with van der Waals surface area (Å²) in [6.45, 7) is 5.49. The van der Waals surface area contributed by atoms with E-state index in [1.807, 2.05) is 34.9 Å². The highest BCUT2D eigenvalue weighted by Gasteiger charge is 2.23. The Morgan fingerprint density at radius 3 is 2.71 bits per heavy atom. The van der Waals surface area contributed by atoms with Crippen molar-refractivity contribution >= 4 is 11.8 Å². The van der Waals surface area contributed by atoms with Gasteiger partial charge in [0.25, 0.3) is 5.91 Å². The molecule has 0 atom stereocenters. The molecule has 2 aliphatic heterocycles. The number of amides is 2. The normalized spacial score (nSPS) is 17.7. The second-order valence-electron chi connectivity index (χ2n) is 6.55. The maximum absolute atomic E-state index is 12.8. The van der Waals surface area contributed by atoms with Gasteiger partial charge in [0.15, 0.2) is 0 Å². The molecule has 130 valence electrons. The van der Waals surface area contributed by atoms with Gasteiger partial charge in [-0.3, -0.25) is 9.59 Å². The molecule has 1 aromatic carbocycles. The summed E-state index contributed by atoms with van der Waals surface area (Å²) >= 11 is 0. The van der Waals surface area contributed by atoms with Crippen LogP contribution in [-0.4, -0.2) is 54.4 Å². The van der Waals surface area contributed by atoms with Gasteiger partial charge >= 0.3 is 0 Å². The quantitative estimate of drug-likeness (QED) is 0.855. The number of aryl methyl sites for hydroxylation is 1. The lowest BCUT2D eigenvalue weighted by Crippen LogP contribution is -2.37. The number of rotatable bonds is 3. The van der Waals surface area contributed by atoms with Gasteiger partial charge in [-0.15, -0.1) is 0 Å². The van der Waals surface area contributed by atoms with E-state index < -0.39 is 0 Å². The average Bonchev–Trinajstić information content (AvgIpc) is 2.87. The van der Waals surface area contributed by atoms with E-state index in [0.29, 0.717) is 26.1 Å². The lowest BCUT2D eigenvalue weighted by Gasteiger charge is -2.23. The first-order chi connectivity index (χ1) is 11.7. The van der Waals surface area contributed by atoms with E-state index >= 15 is 0 Å². The van der Waals surface area contributed by atoms with Gasteiger partial charge in [0, 0.05) is 38.2 Å². The monoisotopic (exact) mass is 330 g/mol. The molecule has 0 aromatic heterocycles. The zero-order chi connectivity index (χ0) is 16.9. The Balaban J connectivity index is 1.66. The molecule has 0 aliphatic carbocycles. The molecule has 5 nitrogen and oxygen atoms in total. The summed E-state index contributed by atoms with van der Waals surface area (Å²) in [6.07, 6.45) is 4.28. The lowest BCUT2D eigenvalue weighted by atomic mass is 10.0. The number of hydrogen-bond donors (Lipinski definition) is 0. The molecular formula is C19H26N2O3. The summed E-state index contributed by atoms with van der Waals surface area (Å²) < 4.78 is 5.62. The third-order valence-corrected chi connectivity index (χ3v) is 4.76. The van der Waals surface area contributed by atoms with Gasteiger partial charge in [-0.05, 0) is 49.4 Å². The molecule has 2 aliphatic rings. The molecule has 0 spiro atoms. The molecule has 0 saturated carbocycles. The van der Waals surface area contributed by atoms with Crippen molar-refractivity contribution < 1.29 is 14.3 Å². The van der Waals surface area contributed by atoms with Crippen molar-refractivity contribution in [2.75, 3.05) is 32.8 Å². The predicted molar refractivity (Wildman–Crippen MR) is 92.3 cm³/mol. The maximum atomic E-state index is 12.8. The number of carbonyl (C=O) groups excluding carboxylic acids is 2. The minimum Gasteiger partial charge on any atom is -0.493 e. The van der Waals surface area contributed by atoms with E-state index in [2.05, 4.69) is 0 Å². The summed E-state index contributed by atoms with van der Waals surface area (Å²) in [4.78, 5) is 28.7. The molecule has 3 rings (SSSR count). The highest BCUT2D eigenvalue weighted by Crippen LogP contribution is 2.26. The van der Waals surface area contributed by atoms with Crippen LogP contribution in [0.2, 0.25) is 0 Å². The molecule has 1 saturated heterocycles. The number of hydrogen-bond acceptors (Lipinski definition) is 3. The van der Waals surface area contributed by atoms with Crippen molar-refractivity contribution in [1.29, 1.82) is 0 Å². The standard InChI is InChI=1S/C19H26N2O3/c1-2-5-18(22)20-9-4-10-21(12-11-20)19(23)16-7-8-17-15(14-16)6-3-13-24-17/h7-8,14H,2-6,9-13H2,1H3. The second kappa shape index (κ2) is 7.69. The maximum Gasteiger partial charge on any atom is 0.253 e. The van der Waals surface area contributed by atoms with Crippen LogP contribution in [0.15, 0.2) is 18.2 Å². The second-order valence-corrected chi connectivity index (χ2v) is 6.55. The predicted octanol–water partition coefficient (Wildman–Crippen LogP) is 2.49. The number of carbonyl (C=O) groups is 2. The van der Waals surface area contributed by atoms with Gasteiger partial charge in [0.1, 0.15) is 5.75 Å². The molecule has 2 amide bonds. The fourth-order valence-corrected chi connectivity index (χ4v) is 3.42. The van der Waals surface area contributed by atoms with Crippen LogP contribution >= 0.6 is 0 Å². The van der Waals surface area contributed by atoms with E-state index in [1.54, 1.807) is 0 Å². The van der Waals surface area contributed by atoms with Crippen molar-refractivity contribution in [3.63, 3.8) is 0 Å². The lowest BCUT2D eigenvalue weighted by molar-refractivity contribution is -0.131. The molecule has 1 fully saturated rings. The number of benzene rings is 1. The average molecular weight is 330 g/mol. The van der Waals surface area contributed by atoms with Crippen LogP contribution in [-0.2, 0) is 11.2 Å². The number of nitrogens with zero attached hydrogens (tertiary/aromatic N) is 2. The van der Waals surface area contributed by atoms with Crippen LogP contribution in [0.3, 0.4) is 0 Å². The van der Waals surface area contributed by atoms with Gasteiger partial charge in [-0.1, -0.05) is 6.92 Å².